The average molecular weight is 746 g/mol. The maximum Gasteiger partial charge on any atom is 0.317 e. The normalized spacial score (nSPS) is 19.8. The molecule has 0 amide bonds. The minimum Gasteiger partial charge on any atom is -0.465 e. The standard InChI is InChI=1S/2C21H18ClFO3/c2*1-2-26-21(25)20-18(14-3-7-16(22)8-4-14)11-15(12-19(20)24)13-5-9-17(23)10-6-13/h2*3-10,12,18,20H,2,11H2,1H3/t2*18-,20-/m00/s1. The highest BCUT2D eigenvalue weighted by Crippen LogP contribution is 2.42. The molecule has 0 aromatic heterocycles. The molecule has 0 spiro atoms. The highest BCUT2D eigenvalue weighted by Gasteiger charge is 2.41. The molecule has 4 aromatic rings. The predicted molar refractivity (Wildman–Crippen MR) is 197 cm³/mol. The van der Waals surface area contributed by atoms with Gasteiger partial charge in [0, 0.05) is 21.9 Å². The Morgan fingerprint density at radius 2 is 0.904 bits per heavy atom. The Morgan fingerprint density at radius 1 is 0.577 bits per heavy atom. The van der Waals surface area contributed by atoms with Crippen LogP contribution in [0.5, 0.6) is 0 Å². The van der Waals surface area contributed by atoms with Gasteiger partial charge in [-0.15, -0.1) is 0 Å². The molecule has 0 heterocycles. The number of ketones is 2. The van der Waals surface area contributed by atoms with E-state index in [0.29, 0.717) is 22.9 Å². The monoisotopic (exact) mass is 744 g/mol. The van der Waals surface area contributed by atoms with Gasteiger partial charge in [-0.3, -0.25) is 19.2 Å². The van der Waals surface area contributed by atoms with Crippen LogP contribution in [0.2, 0.25) is 10.0 Å². The molecule has 0 bridgehead atoms. The molecule has 2 aliphatic carbocycles. The van der Waals surface area contributed by atoms with Crippen molar-refractivity contribution in [3.05, 3.63) is 153 Å². The molecule has 268 valence electrons. The Bertz CT molecular complexity index is 1830. The largest absolute Gasteiger partial charge is 0.465 e. The van der Waals surface area contributed by atoms with E-state index in [-0.39, 0.29) is 48.3 Å². The first-order valence-corrected chi connectivity index (χ1v) is 17.6. The topological polar surface area (TPSA) is 86.7 Å². The second-order valence-corrected chi connectivity index (χ2v) is 13.2. The Labute approximate surface area is 311 Å². The molecule has 6 nitrogen and oxygen atoms in total. The minimum absolute atomic E-state index is 0.213. The first-order valence-electron chi connectivity index (χ1n) is 16.8. The third-order valence-corrected chi connectivity index (χ3v) is 9.54. The average Bonchev–Trinajstić information content (AvgIpc) is 3.12. The van der Waals surface area contributed by atoms with Gasteiger partial charge in [0.1, 0.15) is 23.5 Å². The van der Waals surface area contributed by atoms with Crippen molar-refractivity contribution in [1.29, 1.82) is 0 Å². The number of benzene rings is 4. The summed E-state index contributed by atoms with van der Waals surface area (Å²) in [4.78, 5) is 50.3. The third kappa shape index (κ3) is 9.29. The van der Waals surface area contributed by atoms with Crippen LogP contribution >= 0.6 is 23.2 Å². The fraction of sp³-hybridized carbons (Fsp3) is 0.238. The van der Waals surface area contributed by atoms with Crippen LogP contribution in [-0.2, 0) is 28.7 Å². The molecule has 4 aromatic carbocycles. The van der Waals surface area contributed by atoms with Gasteiger partial charge in [0.2, 0.25) is 0 Å². The lowest BCUT2D eigenvalue weighted by Crippen LogP contribution is -2.34. The number of ether oxygens (including phenoxy) is 2. The molecule has 52 heavy (non-hydrogen) atoms. The third-order valence-electron chi connectivity index (χ3n) is 9.04. The van der Waals surface area contributed by atoms with Crippen LogP contribution in [0.1, 0.15) is 60.8 Å². The second kappa shape index (κ2) is 17.5. The van der Waals surface area contributed by atoms with Gasteiger partial charge in [-0.05, 0) is 121 Å². The summed E-state index contributed by atoms with van der Waals surface area (Å²) >= 11 is 11.9. The smallest absolute Gasteiger partial charge is 0.317 e. The van der Waals surface area contributed by atoms with Crippen LogP contribution < -0.4 is 0 Å². The zero-order chi connectivity index (χ0) is 37.4. The molecule has 0 aliphatic heterocycles. The number of hydrogen-bond donors (Lipinski definition) is 0. The number of rotatable bonds is 8. The number of carbonyl (C=O) groups is 4. The molecule has 10 heteroatoms. The van der Waals surface area contributed by atoms with Gasteiger partial charge in [0.25, 0.3) is 0 Å². The molecular formula is C42H36Cl2F2O6. The van der Waals surface area contributed by atoms with E-state index in [1.54, 1.807) is 62.4 Å². The number of hydrogen-bond acceptors (Lipinski definition) is 6. The van der Waals surface area contributed by atoms with Crippen LogP contribution in [-0.4, -0.2) is 36.7 Å². The number of halogens is 4. The summed E-state index contributed by atoms with van der Waals surface area (Å²) in [5, 5.41) is 1.16. The van der Waals surface area contributed by atoms with Gasteiger partial charge in [0.05, 0.1) is 13.2 Å². The second-order valence-electron chi connectivity index (χ2n) is 12.3. The predicted octanol–water partition coefficient (Wildman–Crippen LogP) is 9.60. The maximum absolute atomic E-state index is 13.2. The van der Waals surface area contributed by atoms with Crippen molar-refractivity contribution in [2.24, 2.45) is 11.8 Å². The van der Waals surface area contributed by atoms with Crippen molar-refractivity contribution in [2.75, 3.05) is 13.2 Å². The highest BCUT2D eigenvalue weighted by molar-refractivity contribution is 6.30. The molecule has 4 atom stereocenters. The van der Waals surface area contributed by atoms with Gasteiger partial charge in [-0.1, -0.05) is 71.7 Å². The number of carbonyl (C=O) groups excluding carboxylic acids is 4. The minimum atomic E-state index is -0.889. The fourth-order valence-electron chi connectivity index (χ4n) is 6.54. The summed E-state index contributed by atoms with van der Waals surface area (Å²) in [5.41, 5.74) is 4.76. The Morgan fingerprint density at radius 3 is 1.21 bits per heavy atom. The van der Waals surface area contributed by atoms with E-state index in [4.69, 9.17) is 32.7 Å². The summed E-state index contributed by atoms with van der Waals surface area (Å²) in [7, 11) is 0. The lowest BCUT2D eigenvalue weighted by molar-refractivity contribution is -0.153. The van der Waals surface area contributed by atoms with Crippen molar-refractivity contribution in [3.8, 4) is 0 Å². The van der Waals surface area contributed by atoms with Crippen LogP contribution in [0, 0.1) is 23.5 Å². The van der Waals surface area contributed by atoms with Crippen molar-refractivity contribution in [3.63, 3.8) is 0 Å². The SMILES string of the molecule is CCOC(=O)[C@@H]1C(=O)C=C(c2ccc(F)cc2)C[C@H]1c1ccc(Cl)cc1.CCOC(=O)[C@@H]1C(=O)C=C(c2ccc(F)cc2)C[C@H]1c1ccc(Cl)cc1. The molecule has 0 unspecified atom stereocenters. The Kier molecular flexibility index (Phi) is 12.9. The lowest BCUT2D eigenvalue weighted by atomic mass is 9.73. The van der Waals surface area contributed by atoms with E-state index in [1.807, 2.05) is 24.3 Å². The van der Waals surface area contributed by atoms with E-state index in [2.05, 4.69) is 0 Å². The molecule has 0 N–H and O–H groups in total. The molecule has 0 saturated carbocycles. The molecule has 6 rings (SSSR count). The van der Waals surface area contributed by atoms with Crippen molar-refractivity contribution < 1.29 is 37.4 Å². The summed E-state index contributed by atoms with van der Waals surface area (Å²) in [6.45, 7) is 3.85. The summed E-state index contributed by atoms with van der Waals surface area (Å²) in [6, 6.07) is 26.2. The molecule has 0 saturated heterocycles. The van der Waals surface area contributed by atoms with Crippen molar-refractivity contribution in [1.82, 2.24) is 0 Å². The number of esters is 2. The summed E-state index contributed by atoms with van der Waals surface area (Å²) < 4.78 is 36.6. The van der Waals surface area contributed by atoms with E-state index in [0.717, 1.165) is 33.4 Å². The molecule has 0 fully saturated rings. The lowest BCUT2D eigenvalue weighted by Gasteiger charge is -2.29. The Balaban J connectivity index is 0.000000201. The van der Waals surface area contributed by atoms with Crippen LogP contribution in [0.25, 0.3) is 11.1 Å². The molecule has 2 aliphatic rings. The van der Waals surface area contributed by atoms with E-state index < -0.39 is 23.8 Å². The van der Waals surface area contributed by atoms with Crippen LogP contribution in [0.15, 0.2) is 109 Å². The zero-order valence-corrected chi connectivity index (χ0v) is 30.0. The van der Waals surface area contributed by atoms with Crippen LogP contribution in [0.3, 0.4) is 0 Å². The van der Waals surface area contributed by atoms with Gasteiger partial charge in [-0.2, -0.15) is 0 Å². The highest BCUT2D eigenvalue weighted by atomic mass is 35.5. The van der Waals surface area contributed by atoms with Crippen molar-refractivity contribution in [2.45, 2.75) is 38.5 Å². The van der Waals surface area contributed by atoms with Gasteiger partial charge >= 0.3 is 11.9 Å². The summed E-state index contributed by atoms with van der Waals surface area (Å²) in [5.74, 6) is -4.81. The first-order chi connectivity index (χ1) is 25.0. The van der Waals surface area contributed by atoms with E-state index >= 15 is 0 Å². The first kappa shape index (κ1) is 38.3. The summed E-state index contributed by atoms with van der Waals surface area (Å²) in [6.07, 6.45) is 3.90. The van der Waals surface area contributed by atoms with Gasteiger partial charge < -0.3 is 9.47 Å². The molecular weight excluding hydrogens is 709 g/mol. The van der Waals surface area contributed by atoms with Gasteiger partial charge in [0.15, 0.2) is 11.6 Å². The quantitative estimate of drug-likeness (QED) is 0.132. The Hall–Kier alpha value is -4.92. The molecule has 0 radical (unpaired) electrons. The maximum atomic E-state index is 13.2. The van der Waals surface area contributed by atoms with Crippen LogP contribution in [0.4, 0.5) is 8.78 Å². The van der Waals surface area contributed by atoms with Crippen molar-refractivity contribution >= 4 is 57.9 Å². The van der Waals surface area contributed by atoms with E-state index in [1.165, 1.54) is 36.4 Å². The van der Waals surface area contributed by atoms with E-state index in [9.17, 15) is 28.0 Å². The number of allylic oxidation sites excluding steroid dienone is 4. The fourth-order valence-corrected chi connectivity index (χ4v) is 6.79. The zero-order valence-electron chi connectivity index (χ0n) is 28.5. The van der Waals surface area contributed by atoms with Gasteiger partial charge in [-0.25, -0.2) is 8.78 Å².